The first-order valence-electron chi connectivity index (χ1n) is 5.47. The van der Waals surface area contributed by atoms with Gasteiger partial charge in [-0.2, -0.15) is 5.26 Å². The van der Waals surface area contributed by atoms with Crippen LogP contribution in [0.25, 0.3) is 0 Å². The molecule has 1 aromatic carbocycles. The first-order valence-corrected chi connectivity index (χ1v) is 7.07. The Labute approximate surface area is 118 Å². The first-order chi connectivity index (χ1) is 8.69. The predicted molar refractivity (Wildman–Crippen MR) is 79.8 cm³/mol. The van der Waals surface area contributed by atoms with Crippen LogP contribution in [0.15, 0.2) is 34.1 Å². The molecule has 2 aromatic rings. The second kappa shape index (κ2) is 5.89. The minimum Gasteiger partial charge on any atom is -0.397 e. The summed E-state index contributed by atoms with van der Waals surface area (Å²) >= 11 is 5.18. The summed E-state index contributed by atoms with van der Waals surface area (Å²) < 4.78 is 1.15. The summed E-state index contributed by atoms with van der Waals surface area (Å²) in [5.41, 5.74) is 7.94. The van der Waals surface area contributed by atoms with Crippen LogP contribution in [0.2, 0.25) is 0 Å². The molecule has 0 atom stereocenters. The summed E-state index contributed by atoms with van der Waals surface area (Å²) in [6, 6.07) is 11.5. The molecule has 18 heavy (non-hydrogen) atoms. The largest absolute Gasteiger partial charge is 0.397 e. The van der Waals surface area contributed by atoms with Crippen molar-refractivity contribution in [2.24, 2.45) is 0 Å². The third-order valence-corrected chi connectivity index (χ3v) is 4.18. The topological polar surface area (TPSA) is 61.8 Å². The highest BCUT2D eigenvalue weighted by Gasteiger charge is 2.01. The van der Waals surface area contributed by atoms with Crippen LogP contribution in [0, 0.1) is 11.3 Å². The van der Waals surface area contributed by atoms with Gasteiger partial charge in [-0.15, -0.1) is 11.3 Å². The zero-order valence-electron chi connectivity index (χ0n) is 9.61. The summed E-state index contributed by atoms with van der Waals surface area (Å²) in [4.78, 5) is 1.32. The van der Waals surface area contributed by atoms with Gasteiger partial charge in [0.25, 0.3) is 0 Å². The fourth-order valence-electron chi connectivity index (χ4n) is 1.60. The number of nitrogens with zero attached hydrogens (tertiary/aromatic N) is 1. The maximum Gasteiger partial charge on any atom is 0.0992 e. The predicted octanol–water partition coefficient (Wildman–Crippen LogP) is 3.62. The Kier molecular flexibility index (Phi) is 4.24. The average Bonchev–Trinajstić information content (AvgIpc) is 2.77. The highest BCUT2D eigenvalue weighted by Crippen LogP contribution is 2.23. The highest BCUT2D eigenvalue weighted by molar-refractivity contribution is 9.11. The normalized spacial score (nSPS) is 10.0. The van der Waals surface area contributed by atoms with Gasteiger partial charge in [0.05, 0.1) is 26.8 Å². The van der Waals surface area contributed by atoms with Crippen molar-refractivity contribution in [1.82, 2.24) is 0 Å². The molecule has 0 saturated heterocycles. The van der Waals surface area contributed by atoms with E-state index in [0.717, 1.165) is 22.4 Å². The Morgan fingerprint density at radius 3 is 2.78 bits per heavy atom. The zero-order chi connectivity index (χ0) is 13.0. The molecule has 0 spiro atoms. The Balaban J connectivity index is 1.92. The lowest BCUT2D eigenvalue weighted by molar-refractivity contribution is 1.05. The van der Waals surface area contributed by atoms with Crippen LogP contribution < -0.4 is 11.1 Å². The number of benzene rings is 1. The minimum absolute atomic E-state index is 0.584. The lowest BCUT2D eigenvalue weighted by Gasteiger charge is -2.08. The van der Waals surface area contributed by atoms with Crippen LogP contribution >= 0.6 is 27.3 Å². The van der Waals surface area contributed by atoms with Gasteiger partial charge in [0.1, 0.15) is 0 Å². The maximum absolute atomic E-state index is 8.75. The van der Waals surface area contributed by atoms with E-state index in [0.29, 0.717) is 11.3 Å². The number of nitrogens with one attached hydrogen (secondary N) is 1. The number of halogens is 1. The minimum atomic E-state index is 0.584. The SMILES string of the molecule is N#Cc1ccc(NCCc2ccc(Br)s2)c(N)c1. The number of anilines is 2. The molecule has 0 aliphatic rings. The molecule has 5 heteroatoms. The van der Waals surface area contributed by atoms with Crippen molar-refractivity contribution in [3.8, 4) is 6.07 Å². The first kappa shape index (κ1) is 12.9. The number of thiophene rings is 1. The van der Waals surface area contributed by atoms with Gasteiger partial charge in [-0.1, -0.05) is 0 Å². The maximum atomic E-state index is 8.75. The molecule has 0 aliphatic carbocycles. The third kappa shape index (κ3) is 3.25. The van der Waals surface area contributed by atoms with Gasteiger partial charge in [-0.25, -0.2) is 0 Å². The fourth-order valence-corrected chi connectivity index (χ4v) is 3.08. The van der Waals surface area contributed by atoms with E-state index < -0.39 is 0 Å². The number of rotatable bonds is 4. The zero-order valence-corrected chi connectivity index (χ0v) is 12.0. The molecule has 0 bridgehead atoms. The van der Waals surface area contributed by atoms with Crippen LogP contribution in [0.4, 0.5) is 11.4 Å². The Morgan fingerprint density at radius 2 is 2.17 bits per heavy atom. The lowest BCUT2D eigenvalue weighted by atomic mass is 10.2. The fraction of sp³-hybridized carbons (Fsp3) is 0.154. The van der Waals surface area contributed by atoms with Gasteiger partial charge in [0, 0.05) is 11.4 Å². The number of nitriles is 1. The summed E-state index contributed by atoms with van der Waals surface area (Å²) in [5.74, 6) is 0. The van der Waals surface area contributed by atoms with E-state index in [9.17, 15) is 0 Å². The van der Waals surface area contributed by atoms with Crippen LogP contribution in [0.1, 0.15) is 10.4 Å². The Morgan fingerprint density at radius 1 is 1.33 bits per heavy atom. The molecule has 0 fully saturated rings. The Bertz CT molecular complexity index is 586. The number of hydrogen-bond donors (Lipinski definition) is 2. The monoisotopic (exact) mass is 321 g/mol. The summed E-state index contributed by atoms with van der Waals surface area (Å²) in [5, 5.41) is 12.0. The van der Waals surface area contributed by atoms with Crippen LogP contribution in [-0.4, -0.2) is 6.54 Å². The smallest absolute Gasteiger partial charge is 0.0992 e. The van der Waals surface area contributed by atoms with Gasteiger partial charge < -0.3 is 11.1 Å². The van der Waals surface area contributed by atoms with Crippen LogP contribution in [0.3, 0.4) is 0 Å². The highest BCUT2D eigenvalue weighted by atomic mass is 79.9. The van der Waals surface area contributed by atoms with Gasteiger partial charge in [0.2, 0.25) is 0 Å². The second-order valence-electron chi connectivity index (χ2n) is 3.80. The van der Waals surface area contributed by atoms with E-state index in [-0.39, 0.29) is 0 Å². The van der Waals surface area contributed by atoms with Gasteiger partial charge in [0.15, 0.2) is 0 Å². The summed E-state index contributed by atoms with van der Waals surface area (Å²) in [6.45, 7) is 0.822. The van der Waals surface area contributed by atoms with Crippen LogP contribution in [-0.2, 0) is 6.42 Å². The van der Waals surface area contributed by atoms with Gasteiger partial charge in [-0.05, 0) is 52.7 Å². The molecule has 0 amide bonds. The van der Waals surface area contributed by atoms with Crippen molar-refractivity contribution in [1.29, 1.82) is 5.26 Å². The lowest BCUT2D eigenvalue weighted by Crippen LogP contribution is -2.06. The molecule has 0 aliphatic heterocycles. The van der Waals surface area contributed by atoms with Crippen LogP contribution in [0.5, 0.6) is 0 Å². The molecule has 3 nitrogen and oxygen atoms in total. The molecule has 92 valence electrons. The Hall–Kier alpha value is -1.51. The number of hydrogen-bond acceptors (Lipinski definition) is 4. The quantitative estimate of drug-likeness (QED) is 0.845. The van der Waals surface area contributed by atoms with Crippen molar-refractivity contribution in [2.75, 3.05) is 17.6 Å². The molecule has 0 unspecified atom stereocenters. The standard InChI is InChI=1S/C13H12BrN3S/c14-13-4-2-10(18-13)5-6-17-12-3-1-9(8-15)7-11(12)16/h1-4,7,17H,5-6,16H2. The van der Waals surface area contributed by atoms with Crippen molar-refractivity contribution in [2.45, 2.75) is 6.42 Å². The molecule has 2 rings (SSSR count). The summed E-state index contributed by atoms with van der Waals surface area (Å²) in [7, 11) is 0. The van der Waals surface area contributed by atoms with Crippen molar-refractivity contribution in [3.63, 3.8) is 0 Å². The molecule has 0 radical (unpaired) electrons. The van der Waals surface area contributed by atoms with E-state index in [1.165, 1.54) is 4.88 Å². The van der Waals surface area contributed by atoms with E-state index in [1.807, 2.05) is 6.07 Å². The van der Waals surface area contributed by atoms with E-state index in [1.54, 1.807) is 23.5 Å². The molecular formula is C13H12BrN3S. The van der Waals surface area contributed by atoms with E-state index in [4.69, 9.17) is 11.0 Å². The van der Waals surface area contributed by atoms with Gasteiger partial charge >= 0.3 is 0 Å². The molecule has 0 saturated carbocycles. The molecule has 3 N–H and O–H groups in total. The van der Waals surface area contributed by atoms with E-state index in [2.05, 4.69) is 39.4 Å². The summed E-state index contributed by atoms with van der Waals surface area (Å²) in [6.07, 6.45) is 0.954. The number of nitrogen functional groups attached to an aromatic ring is 1. The van der Waals surface area contributed by atoms with Crippen molar-refractivity contribution >= 4 is 38.6 Å². The molecular weight excluding hydrogens is 310 g/mol. The second-order valence-corrected chi connectivity index (χ2v) is 6.34. The van der Waals surface area contributed by atoms with Crippen molar-refractivity contribution < 1.29 is 0 Å². The third-order valence-electron chi connectivity index (χ3n) is 2.50. The van der Waals surface area contributed by atoms with E-state index >= 15 is 0 Å². The van der Waals surface area contributed by atoms with Gasteiger partial charge in [-0.3, -0.25) is 0 Å². The van der Waals surface area contributed by atoms with Crippen molar-refractivity contribution in [3.05, 3.63) is 44.6 Å². The number of nitrogens with two attached hydrogens (primary N) is 1. The molecule has 1 heterocycles. The molecule has 1 aromatic heterocycles. The average molecular weight is 322 g/mol.